The van der Waals surface area contributed by atoms with Crippen LogP contribution < -0.4 is 9.88 Å². The molecule has 2 heteroatoms. The first-order valence-electron chi connectivity index (χ1n) is 4.08. The number of aromatic nitrogens is 1. The minimum absolute atomic E-state index is 1.13. The lowest BCUT2D eigenvalue weighted by Crippen LogP contribution is -2.29. The van der Waals surface area contributed by atoms with Gasteiger partial charge in [0.05, 0.1) is 0 Å². The molecule has 0 atom stereocenters. The van der Waals surface area contributed by atoms with Crippen molar-refractivity contribution in [3.05, 3.63) is 24.0 Å². The van der Waals surface area contributed by atoms with Crippen molar-refractivity contribution in [2.75, 3.05) is 11.9 Å². The van der Waals surface area contributed by atoms with Gasteiger partial charge in [-0.1, -0.05) is 0 Å². The molecule has 0 bridgehead atoms. The Balaban J connectivity index is 2.43. The second kappa shape index (κ2) is 2.53. The molecule has 1 aromatic rings. The fraction of sp³-hybridized carbons (Fsp3) is 0.444. The Morgan fingerprint density at radius 2 is 2.45 bits per heavy atom. The van der Waals surface area contributed by atoms with Crippen molar-refractivity contribution in [3.8, 4) is 0 Å². The number of hydrogen-bond acceptors (Lipinski definition) is 1. The van der Waals surface area contributed by atoms with E-state index >= 15 is 0 Å². The van der Waals surface area contributed by atoms with Crippen LogP contribution in [0.15, 0.2) is 18.5 Å². The molecule has 0 radical (unpaired) electrons. The minimum atomic E-state index is 1.13. The van der Waals surface area contributed by atoms with Gasteiger partial charge >= 0.3 is 0 Å². The highest BCUT2D eigenvalue weighted by atomic mass is 14.9. The highest BCUT2D eigenvalue weighted by Crippen LogP contribution is 2.18. The topological polar surface area (TPSA) is 15.9 Å². The van der Waals surface area contributed by atoms with E-state index in [1.165, 1.54) is 24.1 Å². The average molecular weight is 149 g/mol. The molecule has 1 N–H and O–H groups in total. The van der Waals surface area contributed by atoms with Crippen molar-refractivity contribution in [2.45, 2.75) is 12.8 Å². The number of rotatable bonds is 0. The van der Waals surface area contributed by atoms with E-state index in [0.717, 1.165) is 6.54 Å². The molecule has 2 rings (SSSR count). The maximum absolute atomic E-state index is 3.38. The van der Waals surface area contributed by atoms with Crippen molar-refractivity contribution < 1.29 is 4.57 Å². The van der Waals surface area contributed by atoms with E-state index in [-0.39, 0.29) is 0 Å². The zero-order chi connectivity index (χ0) is 7.68. The van der Waals surface area contributed by atoms with Gasteiger partial charge < -0.3 is 5.32 Å². The minimum Gasteiger partial charge on any atom is -0.384 e. The Labute approximate surface area is 66.9 Å². The number of hydrogen-bond donors (Lipinski definition) is 1. The summed E-state index contributed by atoms with van der Waals surface area (Å²) in [7, 11) is 2.06. The summed E-state index contributed by atoms with van der Waals surface area (Å²) >= 11 is 0. The molecule has 0 aromatic carbocycles. The van der Waals surface area contributed by atoms with Gasteiger partial charge in [-0.25, -0.2) is 4.57 Å². The fourth-order valence-electron chi connectivity index (χ4n) is 1.53. The van der Waals surface area contributed by atoms with Crippen molar-refractivity contribution in [1.82, 2.24) is 0 Å². The van der Waals surface area contributed by atoms with E-state index in [1.54, 1.807) is 0 Å². The molecule has 0 unspecified atom stereocenters. The summed E-state index contributed by atoms with van der Waals surface area (Å²) in [6.07, 6.45) is 6.76. The summed E-state index contributed by atoms with van der Waals surface area (Å²) in [5, 5.41) is 3.38. The molecule has 1 aliphatic rings. The summed E-state index contributed by atoms with van der Waals surface area (Å²) in [5.74, 6) is 0. The van der Waals surface area contributed by atoms with Gasteiger partial charge in [-0.15, -0.1) is 0 Å². The first-order valence-corrected chi connectivity index (χ1v) is 4.08. The van der Waals surface area contributed by atoms with Gasteiger partial charge in [0, 0.05) is 23.9 Å². The lowest BCUT2D eigenvalue weighted by atomic mass is 10.1. The number of aryl methyl sites for hydroxylation is 2. The van der Waals surface area contributed by atoms with Crippen LogP contribution in [0.4, 0.5) is 5.69 Å². The zero-order valence-corrected chi connectivity index (χ0v) is 6.80. The monoisotopic (exact) mass is 149 g/mol. The number of anilines is 1. The Bertz CT molecular complexity index is 268. The molecule has 0 aliphatic carbocycles. The molecule has 1 aromatic heterocycles. The van der Waals surface area contributed by atoms with Crippen LogP contribution in [0.3, 0.4) is 0 Å². The zero-order valence-electron chi connectivity index (χ0n) is 6.80. The van der Waals surface area contributed by atoms with Crippen LogP contribution in [0.5, 0.6) is 0 Å². The van der Waals surface area contributed by atoms with Crippen LogP contribution in [0.1, 0.15) is 12.0 Å². The second-order valence-corrected chi connectivity index (χ2v) is 3.08. The number of pyridine rings is 1. The highest BCUT2D eigenvalue weighted by molar-refractivity contribution is 5.50. The van der Waals surface area contributed by atoms with E-state index < -0.39 is 0 Å². The Morgan fingerprint density at radius 3 is 3.36 bits per heavy atom. The van der Waals surface area contributed by atoms with Crippen molar-refractivity contribution in [2.24, 2.45) is 7.05 Å². The van der Waals surface area contributed by atoms with E-state index in [9.17, 15) is 0 Å². The number of nitrogens with zero attached hydrogens (tertiary/aromatic N) is 1. The fourth-order valence-corrected chi connectivity index (χ4v) is 1.53. The molecular formula is C9H13N2+. The van der Waals surface area contributed by atoms with Gasteiger partial charge in [0.2, 0.25) is 0 Å². The third-order valence-corrected chi connectivity index (χ3v) is 2.12. The largest absolute Gasteiger partial charge is 0.384 e. The Kier molecular flexibility index (Phi) is 1.53. The maximum atomic E-state index is 3.38. The molecular weight excluding hydrogens is 136 g/mol. The third-order valence-electron chi connectivity index (χ3n) is 2.12. The van der Waals surface area contributed by atoms with E-state index in [4.69, 9.17) is 0 Å². The van der Waals surface area contributed by atoms with Gasteiger partial charge in [0.25, 0.3) is 0 Å². The van der Waals surface area contributed by atoms with E-state index in [1.807, 2.05) is 0 Å². The lowest BCUT2D eigenvalue weighted by Gasteiger charge is -2.15. The smallest absolute Gasteiger partial charge is 0.173 e. The molecule has 0 amide bonds. The van der Waals surface area contributed by atoms with Crippen LogP contribution in [0, 0.1) is 0 Å². The first kappa shape index (κ1) is 6.65. The summed E-state index contributed by atoms with van der Waals surface area (Å²) in [4.78, 5) is 0. The molecule has 2 heterocycles. The molecule has 11 heavy (non-hydrogen) atoms. The highest BCUT2D eigenvalue weighted by Gasteiger charge is 2.10. The van der Waals surface area contributed by atoms with Crippen LogP contribution >= 0.6 is 0 Å². The Morgan fingerprint density at radius 1 is 1.55 bits per heavy atom. The number of nitrogens with one attached hydrogen (secondary N) is 1. The van der Waals surface area contributed by atoms with Crippen molar-refractivity contribution in [1.29, 1.82) is 0 Å². The summed E-state index contributed by atoms with van der Waals surface area (Å²) in [5.41, 5.74) is 2.76. The standard InChI is InChI=1S/C9H12N2/c1-11-6-4-9-8(7-11)3-2-5-10-9/h4,6-7H,2-3,5H2,1H3/p+1. The predicted octanol–water partition coefficient (Wildman–Crippen LogP) is 0.869. The first-order chi connectivity index (χ1) is 5.36. The molecule has 0 saturated carbocycles. The summed E-state index contributed by atoms with van der Waals surface area (Å²) < 4.78 is 2.10. The average Bonchev–Trinajstić information content (AvgIpc) is 2.04. The van der Waals surface area contributed by atoms with Crippen LogP contribution in [0.2, 0.25) is 0 Å². The van der Waals surface area contributed by atoms with Gasteiger partial charge in [0.1, 0.15) is 7.05 Å². The SMILES string of the molecule is C[n+]1ccc2c(c1)CCCN2. The lowest BCUT2D eigenvalue weighted by molar-refractivity contribution is -0.671. The summed E-state index contributed by atoms with van der Waals surface area (Å²) in [6.45, 7) is 1.13. The Hall–Kier alpha value is -1.05. The third kappa shape index (κ3) is 1.20. The van der Waals surface area contributed by atoms with Gasteiger partial charge in [-0.2, -0.15) is 0 Å². The van der Waals surface area contributed by atoms with Crippen molar-refractivity contribution in [3.63, 3.8) is 0 Å². The van der Waals surface area contributed by atoms with E-state index in [0.29, 0.717) is 0 Å². The molecule has 58 valence electrons. The van der Waals surface area contributed by atoms with Crippen LogP contribution in [-0.4, -0.2) is 6.54 Å². The van der Waals surface area contributed by atoms with E-state index in [2.05, 4.69) is 35.4 Å². The van der Waals surface area contributed by atoms with Gasteiger partial charge in [-0.05, 0) is 12.8 Å². The van der Waals surface area contributed by atoms with Gasteiger partial charge in [-0.3, -0.25) is 0 Å². The predicted molar refractivity (Wildman–Crippen MR) is 44.4 cm³/mol. The second-order valence-electron chi connectivity index (χ2n) is 3.08. The molecule has 0 fully saturated rings. The molecule has 2 nitrogen and oxygen atoms in total. The maximum Gasteiger partial charge on any atom is 0.173 e. The number of fused-ring (bicyclic) bond motifs is 1. The van der Waals surface area contributed by atoms with Crippen LogP contribution in [0.25, 0.3) is 0 Å². The molecule has 0 saturated heterocycles. The van der Waals surface area contributed by atoms with Crippen LogP contribution in [-0.2, 0) is 13.5 Å². The summed E-state index contributed by atoms with van der Waals surface area (Å²) in [6, 6.07) is 2.15. The van der Waals surface area contributed by atoms with Crippen molar-refractivity contribution >= 4 is 5.69 Å². The normalized spacial score (nSPS) is 15.4. The molecule has 1 aliphatic heterocycles. The molecule has 0 spiro atoms. The van der Waals surface area contributed by atoms with Gasteiger partial charge in [0.15, 0.2) is 12.4 Å². The quantitative estimate of drug-likeness (QED) is 0.541.